The lowest BCUT2D eigenvalue weighted by atomic mass is 10.1. The van der Waals surface area contributed by atoms with Crippen molar-refractivity contribution < 1.29 is 22.8 Å². The van der Waals surface area contributed by atoms with Gasteiger partial charge in [0.15, 0.2) is 0 Å². The van der Waals surface area contributed by atoms with E-state index >= 15 is 0 Å². The Labute approximate surface area is 218 Å². The molecule has 2 atom stereocenters. The molecule has 0 aliphatic carbocycles. The monoisotopic (exact) mass is 569 g/mol. The zero-order valence-corrected chi connectivity index (χ0v) is 22.0. The molecule has 0 radical (unpaired) electrons. The number of nitrogens with zero attached hydrogens (tertiary/aromatic N) is 2. The molecule has 10 heteroatoms. The second kappa shape index (κ2) is 10.3. The third-order valence-corrected chi connectivity index (χ3v) is 8.45. The quantitative estimate of drug-likeness (QED) is 0.422. The van der Waals surface area contributed by atoms with Gasteiger partial charge in [0.25, 0.3) is 5.91 Å². The lowest BCUT2D eigenvalue weighted by Gasteiger charge is -2.32. The first-order valence-corrected chi connectivity index (χ1v) is 13.4. The maximum Gasteiger partial charge on any atom is 0.252 e. The Morgan fingerprint density at radius 1 is 1.00 bits per heavy atom. The van der Waals surface area contributed by atoms with E-state index in [2.05, 4.69) is 21.2 Å². The number of sulfonamides is 1. The average Bonchev–Trinajstić information content (AvgIpc) is 3.13. The minimum absolute atomic E-state index is 0.0202. The van der Waals surface area contributed by atoms with E-state index in [1.807, 2.05) is 6.07 Å². The molecule has 1 fully saturated rings. The molecule has 1 saturated heterocycles. The Hall–Kier alpha value is -3.34. The summed E-state index contributed by atoms with van der Waals surface area (Å²) < 4.78 is 29.6. The molecular formula is C26H24BrN3O5S. The number of nitrogens with one attached hydrogen (secondary N) is 1. The number of carbonyl (C=O) groups excluding carboxylic acids is 3. The third kappa shape index (κ3) is 5.11. The summed E-state index contributed by atoms with van der Waals surface area (Å²) in [5.41, 5.74) is 1.51. The van der Waals surface area contributed by atoms with Gasteiger partial charge in [-0.25, -0.2) is 13.3 Å². The number of hydrogen-bond donors (Lipinski definition) is 1. The Kier molecular flexibility index (Phi) is 7.39. The minimum Gasteiger partial charge on any atom is -0.326 e. The fraction of sp³-hybridized carbons (Fsp3) is 0.192. The number of amides is 3. The van der Waals surface area contributed by atoms with Gasteiger partial charge in [0.05, 0.1) is 17.0 Å². The summed E-state index contributed by atoms with van der Waals surface area (Å²) in [7, 11) is -4.17. The summed E-state index contributed by atoms with van der Waals surface area (Å²) in [6.45, 7) is 3.08. The average molecular weight is 570 g/mol. The van der Waals surface area contributed by atoms with Crippen LogP contribution in [0.4, 0.5) is 11.4 Å². The SMILES string of the molecule is CC(=O)Nc1ccc(N2C(=O)CC(N(C(C)c3ccccc3)S(=O)(=O)c3ccc(Br)cc3)C2=O)cc1. The number of carbonyl (C=O) groups is 3. The highest BCUT2D eigenvalue weighted by atomic mass is 79.9. The molecule has 2 unspecified atom stereocenters. The summed E-state index contributed by atoms with van der Waals surface area (Å²) in [4.78, 5) is 39.0. The first-order valence-electron chi connectivity index (χ1n) is 11.2. The molecule has 4 rings (SSSR count). The van der Waals surface area contributed by atoms with Crippen molar-refractivity contribution in [3.63, 3.8) is 0 Å². The van der Waals surface area contributed by atoms with Crippen LogP contribution in [-0.2, 0) is 24.4 Å². The Morgan fingerprint density at radius 2 is 1.61 bits per heavy atom. The lowest BCUT2D eigenvalue weighted by Crippen LogP contribution is -2.46. The van der Waals surface area contributed by atoms with Crippen molar-refractivity contribution in [3.05, 3.63) is 88.9 Å². The van der Waals surface area contributed by atoms with Gasteiger partial charge in [-0.15, -0.1) is 0 Å². The van der Waals surface area contributed by atoms with Crippen molar-refractivity contribution >= 4 is 55.0 Å². The molecule has 0 aromatic heterocycles. The highest BCUT2D eigenvalue weighted by Crippen LogP contribution is 2.36. The predicted octanol–water partition coefficient (Wildman–Crippen LogP) is 4.49. The first kappa shape index (κ1) is 25.7. The zero-order chi connectivity index (χ0) is 26.0. The number of halogens is 1. The van der Waals surface area contributed by atoms with E-state index in [0.717, 1.165) is 9.21 Å². The summed E-state index contributed by atoms with van der Waals surface area (Å²) in [6, 6.07) is 19.4. The number of rotatable bonds is 7. The van der Waals surface area contributed by atoms with Crippen LogP contribution < -0.4 is 10.2 Å². The van der Waals surface area contributed by atoms with Crippen molar-refractivity contribution in [1.29, 1.82) is 0 Å². The van der Waals surface area contributed by atoms with Gasteiger partial charge in [-0.1, -0.05) is 46.3 Å². The van der Waals surface area contributed by atoms with E-state index < -0.39 is 33.9 Å². The van der Waals surface area contributed by atoms with Crippen molar-refractivity contribution in [2.24, 2.45) is 0 Å². The smallest absolute Gasteiger partial charge is 0.252 e. The zero-order valence-electron chi connectivity index (χ0n) is 19.6. The molecule has 0 saturated carbocycles. The summed E-state index contributed by atoms with van der Waals surface area (Å²) >= 11 is 3.31. The van der Waals surface area contributed by atoms with Crippen LogP contribution in [0, 0.1) is 0 Å². The maximum absolute atomic E-state index is 13.9. The van der Waals surface area contributed by atoms with Crippen LogP contribution in [0.15, 0.2) is 88.2 Å². The molecule has 1 N–H and O–H groups in total. The summed E-state index contributed by atoms with van der Waals surface area (Å²) in [5.74, 6) is -1.39. The van der Waals surface area contributed by atoms with E-state index in [-0.39, 0.29) is 17.2 Å². The standard InChI is InChI=1S/C26H24BrN3O5S/c1-17(19-6-4-3-5-7-19)30(36(34,35)23-14-8-20(27)9-15-23)24-16-25(32)29(26(24)33)22-12-10-21(11-13-22)28-18(2)31/h3-15,17,24H,16H2,1-2H3,(H,28,31). The van der Waals surface area contributed by atoms with Crippen molar-refractivity contribution in [2.45, 2.75) is 37.2 Å². The Morgan fingerprint density at radius 3 is 2.19 bits per heavy atom. The second-order valence-electron chi connectivity index (χ2n) is 8.39. The third-order valence-electron chi connectivity index (χ3n) is 5.93. The molecule has 186 valence electrons. The number of hydrogen-bond acceptors (Lipinski definition) is 5. The molecule has 0 bridgehead atoms. The molecule has 1 aliphatic heterocycles. The fourth-order valence-corrected chi connectivity index (χ4v) is 6.26. The van der Waals surface area contributed by atoms with Gasteiger partial charge < -0.3 is 5.32 Å². The number of anilines is 2. The van der Waals surface area contributed by atoms with Gasteiger partial charge in [-0.05, 0) is 61.0 Å². The molecule has 36 heavy (non-hydrogen) atoms. The fourth-order valence-electron chi connectivity index (χ4n) is 4.24. The van der Waals surface area contributed by atoms with Crippen LogP contribution in [0.3, 0.4) is 0 Å². The van der Waals surface area contributed by atoms with Gasteiger partial charge in [0, 0.05) is 23.1 Å². The van der Waals surface area contributed by atoms with E-state index in [1.54, 1.807) is 55.5 Å². The highest BCUT2D eigenvalue weighted by Gasteiger charge is 2.48. The van der Waals surface area contributed by atoms with E-state index in [4.69, 9.17) is 0 Å². The van der Waals surface area contributed by atoms with Crippen molar-refractivity contribution in [2.75, 3.05) is 10.2 Å². The van der Waals surface area contributed by atoms with Gasteiger partial charge >= 0.3 is 0 Å². The molecule has 3 amide bonds. The van der Waals surface area contributed by atoms with Crippen LogP contribution in [0.2, 0.25) is 0 Å². The van der Waals surface area contributed by atoms with Crippen LogP contribution in [0.5, 0.6) is 0 Å². The van der Waals surface area contributed by atoms with Gasteiger partial charge in [-0.2, -0.15) is 4.31 Å². The van der Waals surface area contributed by atoms with Gasteiger partial charge in [0.1, 0.15) is 6.04 Å². The molecule has 0 spiro atoms. The molecule has 1 aliphatic rings. The van der Waals surface area contributed by atoms with E-state index in [1.165, 1.54) is 31.2 Å². The largest absolute Gasteiger partial charge is 0.326 e. The molecule has 3 aromatic rings. The normalized spacial score (nSPS) is 16.9. The van der Waals surface area contributed by atoms with Gasteiger partial charge in [0.2, 0.25) is 21.8 Å². The number of imide groups is 1. The topological polar surface area (TPSA) is 104 Å². The summed E-state index contributed by atoms with van der Waals surface area (Å²) in [5, 5.41) is 2.63. The molecular weight excluding hydrogens is 546 g/mol. The second-order valence-corrected chi connectivity index (χ2v) is 11.1. The van der Waals surface area contributed by atoms with E-state index in [0.29, 0.717) is 21.4 Å². The molecule has 3 aromatic carbocycles. The highest BCUT2D eigenvalue weighted by molar-refractivity contribution is 9.10. The van der Waals surface area contributed by atoms with E-state index in [9.17, 15) is 22.8 Å². The van der Waals surface area contributed by atoms with Crippen LogP contribution >= 0.6 is 15.9 Å². The van der Waals surface area contributed by atoms with Crippen molar-refractivity contribution in [3.8, 4) is 0 Å². The minimum atomic E-state index is -4.17. The molecule has 8 nitrogen and oxygen atoms in total. The number of benzene rings is 3. The Balaban J connectivity index is 1.74. The maximum atomic E-state index is 13.9. The predicted molar refractivity (Wildman–Crippen MR) is 140 cm³/mol. The lowest BCUT2D eigenvalue weighted by molar-refractivity contribution is -0.122. The van der Waals surface area contributed by atoms with Crippen molar-refractivity contribution in [1.82, 2.24) is 4.31 Å². The molecule has 1 heterocycles. The van der Waals surface area contributed by atoms with Crippen LogP contribution in [0.1, 0.15) is 31.9 Å². The Bertz CT molecular complexity index is 1390. The van der Waals surface area contributed by atoms with Crippen LogP contribution in [0.25, 0.3) is 0 Å². The first-order chi connectivity index (χ1) is 17.1. The van der Waals surface area contributed by atoms with Gasteiger partial charge in [-0.3, -0.25) is 14.4 Å². The van der Waals surface area contributed by atoms with Crippen LogP contribution in [-0.4, -0.2) is 36.5 Å². The summed E-state index contributed by atoms with van der Waals surface area (Å²) in [6.07, 6.45) is -0.292.